The number of anilines is 1. The number of carbonyl (C=O) groups excluding carboxylic acids is 1. The molecule has 0 bridgehead atoms. The van der Waals surface area contributed by atoms with Gasteiger partial charge in [0.05, 0.1) is 5.56 Å². The van der Waals surface area contributed by atoms with Crippen LogP contribution in [0.3, 0.4) is 0 Å². The molecule has 1 aliphatic heterocycles. The molecule has 17 heavy (non-hydrogen) atoms. The van der Waals surface area contributed by atoms with E-state index in [4.69, 9.17) is 10.5 Å². The second-order valence-electron chi connectivity index (χ2n) is 4.09. The van der Waals surface area contributed by atoms with E-state index in [0.29, 0.717) is 13.2 Å². The second kappa shape index (κ2) is 5.14. The Kier molecular flexibility index (Phi) is 3.58. The van der Waals surface area contributed by atoms with Gasteiger partial charge in [-0.2, -0.15) is 0 Å². The average Bonchev–Trinajstić information content (AvgIpc) is 2.33. The molecular formula is C12H15FN2O2. The molecule has 0 radical (unpaired) electrons. The van der Waals surface area contributed by atoms with Crippen molar-refractivity contribution >= 4 is 11.6 Å². The lowest BCUT2D eigenvalue weighted by molar-refractivity contribution is 0.0696. The van der Waals surface area contributed by atoms with Gasteiger partial charge in [0.2, 0.25) is 0 Å². The van der Waals surface area contributed by atoms with Crippen LogP contribution in [0.2, 0.25) is 0 Å². The highest BCUT2D eigenvalue weighted by molar-refractivity contribution is 5.99. The van der Waals surface area contributed by atoms with E-state index in [0.717, 1.165) is 18.9 Å². The van der Waals surface area contributed by atoms with Gasteiger partial charge in [-0.25, -0.2) is 4.39 Å². The first-order valence-electron chi connectivity index (χ1n) is 5.60. The zero-order chi connectivity index (χ0) is 12.3. The fraction of sp³-hybridized carbons (Fsp3) is 0.417. The molecule has 1 aromatic rings. The molecule has 0 atom stereocenters. The molecule has 1 saturated heterocycles. The molecule has 3 N–H and O–H groups in total. The molecule has 1 aliphatic rings. The van der Waals surface area contributed by atoms with Gasteiger partial charge in [0.25, 0.3) is 5.91 Å². The summed E-state index contributed by atoms with van der Waals surface area (Å²) in [6.45, 7) is 1.28. The van der Waals surface area contributed by atoms with Gasteiger partial charge < -0.3 is 15.8 Å². The van der Waals surface area contributed by atoms with Gasteiger partial charge in [0, 0.05) is 24.9 Å². The van der Waals surface area contributed by atoms with Crippen LogP contribution in [0.1, 0.15) is 23.2 Å². The minimum Gasteiger partial charge on any atom is -0.398 e. The van der Waals surface area contributed by atoms with Crippen molar-refractivity contribution in [2.75, 3.05) is 18.9 Å². The number of halogens is 1. The maximum absolute atomic E-state index is 13.0. The molecule has 1 aromatic carbocycles. The molecule has 1 amide bonds. The van der Waals surface area contributed by atoms with E-state index in [1.165, 1.54) is 12.1 Å². The third-order valence-corrected chi connectivity index (χ3v) is 2.82. The van der Waals surface area contributed by atoms with Crippen molar-refractivity contribution in [3.05, 3.63) is 29.6 Å². The molecular weight excluding hydrogens is 223 g/mol. The fourth-order valence-corrected chi connectivity index (χ4v) is 1.83. The van der Waals surface area contributed by atoms with Crippen LogP contribution in [0.4, 0.5) is 10.1 Å². The second-order valence-corrected chi connectivity index (χ2v) is 4.09. The number of nitrogens with two attached hydrogens (primary N) is 1. The van der Waals surface area contributed by atoms with Crippen LogP contribution >= 0.6 is 0 Å². The Morgan fingerprint density at radius 2 is 2.12 bits per heavy atom. The molecule has 0 aliphatic carbocycles. The van der Waals surface area contributed by atoms with Crippen molar-refractivity contribution in [3.63, 3.8) is 0 Å². The molecule has 0 saturated carbocycles. The van der Waals surface area contributed by atoms with E-state index in [1.807, 2.05) is 0 Å². The normalized spacial score (nSPS) is 16.8. The molecule has 1 heterocycles. The highest BCUT2D eigenvalue weighted by Gasteiger charge is 2.18. The summed E-state index contributed by atoms with van der Waals surface area (Å²) in [5.74, 6) is -0.787. The van der Waals surface area contributed by atoms with Gasteiger partial charge in [-0.1, -0.05) is 0 Å². The summed E-state index contributed by atoms with van der Waals surface area (Å²) in [7, 11) is 0. The summed E-state index contributed by atoms with van der Waals surface area (Å²) in [4.78, 5) is 11.9. The number of hydrogen-bond donors (Lipinski definition) is 2. The van der Waals surface area contributed by atoms with Crippen LogP contribution in [0, 0.1) is 5.82 Å². The zero-order valence-electron chi connectivity index (χ0n) is 9.41. The van der Waals surface area contributed by atoms with Gasteiger partial charge in [-0.05, 0) is 31.0 Å². The zero-order valence-corrected chi connectivity index (χ0v) is 9.41. The Labute approximate surface area is 98.9 Å². The molecule has 4 nitrogen and oxygen atoms in total. The number of hydrogen-bond acceptors (Lipinski definition) is 3. The monoisotopic (exact) mass is 238 g/mol. The number of carbonyl (C=O) groups is 1. The Hall–Kier alpha value is -1.62. The van der Waals surface area contributed by atoms with E-state index in [2.05, 4.69) is 5.32 Å². The van der Waals surface area contributed by atoms with E-state index >= 15 is 0 Å². The lowest BCUT2D eigenvalue weighted by Gasteiger charge is -2.23. The largest absolute Gasteiger partial charge is 0.398 e. The Morgan fingerprint density at radius 3 is 2.82 bits per heavy atom. The predicted octanol–water partition coefficient (Wildman–Crippen LogP) is 1.32. The standard InChI is InChI=1S/C12H15FN2O2/c13-8-1-2-11(14)10(7-8)12(16)15-9-3-5-17-6-4-9/h1-2,7,9H,3-6,14H2,(H,15,16). The molecule has 1 fully saturated rings. The number of amides is 1. The van der Waals surface area contributed by atoms with E-state index in [-0.39, 0.29) is 23.2 Å². The Balaban J connectivity index is 2.05. The molecule has 0 spiro atoms. The minimum atomic E-state index is -0.462. The molecule has 92 valence electrons. The van der Waals surface area contributed by atoms with Crippen LogP contribution < -0.4 is 11.1 Å². The van der Waals surface area contributed by atoms with Crippen LogP contribution in [-0.2, 0) is 4.74 Å². The highest BCUT2D eigenvalue weighted by atomic mass is 19.1. The van der Waals surface area contributed by atoms with Crippen molar-refractivity contribution in [2.45, 2.75) is 18.9 Å². The quantitative estimate of drug-likeness (QED) is 0.764. The summed E-state index contributed by atoms with van der Waals surface area (Å²) >= 11 is 0. The lowest BCUT2D eigenvalue weighted by Crippen LogP contribution is -2.39. The summed E-state index contributed by atoms with van der Waals surface area (Å²) < 4.78 is 18.2. The number of benzene rings is 1. The van der Waals surface area contributed by atoms with Gasteiger partial charge >= 0.3 is 0 Å². The van der Waals surface area contributed by atoms with Crippen LogP contribution in [0.15, 0.2) is 18.2 Å². The fourth-order valence-electron chi connectivity index (χ4n) is 1.83. The molecule has 0 unspecified atom stereocenters. The maximum atomic E-state index is 13.0. The maximum Gasteiger partial charge on any atom is 0.253 e. The molecule has 5 heteroatoms. The van der Waals surface area contributed by atoms with Crippen LogP contribution in [-0.4, -0.2) is 25.2 Å². The van der Waals surface area contributed by atoms with Crippen molar-refractivity contribution in [2.24, 2.45) is 0 Å². The topological polar surface area (TPSA) is 64.4 Å². The van der Waals surface area contributed by atoms with E-state index in [9.17, 15) is 9.18 Å². The summed E-state index contributed by atoms with van der Waals surface area (Å²) in [6.07, 6.45) is 1.56. The molecule has 2 rings (SSSR count). The van der Waals surface area contributed by atoms with Gasteiger partial charge in [-0.15, -0.1) is 0 Å². The Morgan fingerprint density at radius 1 is 1.41 bits per heavy atom. The summed E-state index contributed by atoms with van der Waals surface area (Å²) in [6, 6.07) is 3.87. The Bertz CT molecular complexity index is 417. The summed E-state index contributed by atoms with van der Waals surface area (Å²) in [5, 5.41) is 2.84. The van der Waals surface area contributed by atoms with Crippen LogP contribution in [0.5, 0.6) is 0 Å². The van der Waals surface area contributed by atoms with Crippen molar-refractivity contribution < 1.29 is 13.9 Å². The van der Waals surface area contributed by atoms with Crippen molar-refractivity contribution in [3.8, 4) is 0 Å². The first kappa shape index (κ1) is 11.9. The number of rotatable bonds is 2. The first-order valence-corrected chi connectivity index (χ1v) is 5.60. The highest BCUT2D eigenvalue weighted by Crippen LogP contribution is 2.14. The van der Waals surface area contributed by atoms with Gasteiger partial charge in [0.15, 0.2) is 0 Å². The van der Waals surface area contributed by atoms with E-state index < -0.39 is 5.82 Å². The molecule has 0 aromatic heterocycles. The van der Waals surface area contributed by atoms with Crippen LogP contribution in [0.25, 0.3) is 0 Å². The average molecular weight is 238 g/mol. The minimum absolute atomic E-state index is 0.0823. The van der Waals surface area contributed by atoms with Crippen molar-refractivity contribution in [1.82, 2.24) is 5.32 Å². The number of nitrogen functional groups attached to an aromatic ring is 1. The van der Waals surface area contributed by atoms with Crippen molar-refractivity contribution in [1.29, 1.82) is 0 Å². The third kappa shape index (κ3) is 2.94. The SMILES string of the molecule is Nc1ccc(F)cc1C(=O)NC1CCOCC1. The predicted molar refractivity (Wildman–Crippen MR) is 62.1 cm³/mol. The number of nitrogens with one attached hydrogen (secondary N) is 1. The smallest absolute Gasteiger partial charge is 0.253 e. The number of ether oxygens (including phenoxy) is 1. The van der Waals surface area contributed by atoms with Gasteiger partial charge in [0.1, 0.15) is 5.82 Å². The van der Waals surface area contributed by atoms with E-state index in [1.54, 1.807) is 0 Å². The first-order chi connectivity index (χ1) is 8.16. The third-order valence-electron chi connectivity index (χ3n) is 2.82. The lowest BCUT2D eigenvalue weighted by atomic mass is 10.1. The van der Waals surface area contributed by atoms with Gasteiger partial charge in [-0.3, -0.25) is 4.79 Å². The summed E-state index contributed by atoms with van der Waals surface area (Å²) in [5.41, 5.74) is 6.12.